The predicted octanol–water partition coefficient (Wildman–Crippen LogP) is 4.01. The highest BCUT2D eigenvalue weighted by molar-refractivity contribution is 7.09. The number of nitro groups is 1. The van der Waals surface area contributed by atoms with Gasteiger partial charge in [0.25, 0.3) is 5.69 Å². The van der Waals surface area contributed by atoms with Gasteiger partial charge in [-0.3, -0.25) is 10.1 Å². The van der Waals surface area contributed by atoms with E-state index in [0.717, 1.165) is 12.1 Å². The summed E-state index contributed by atoms with van der Waals surface area (Å²) in [6.07, 6.45) is 0.916. The van der Waals surface area contributed by atoms with E-state index < -0.39 is 0 Å². The molecule has 1 aromatic carbocycles. The van der Waals surface area contributed by atoms with E-state index in [1.54, 1.807) is 24.3 Å². The van der Waals surface area contributed by atoms with Crippen LogP contribution >= 0.6 is 11.3 Å². The highest BCUT2D eigenvalue weighted by Crippen LogP contribution is 2.26. The molecule has 0 amide bonds. The van der Waals surface area contributed by atoms with Gasteiger partial charge in [-0.05, 0) is 31.4 Å². The van der Waals surface area contributed by atoms with Gasteiger partial charge >= 0.3 is 0 Å². The molecule has 0 spiro atoms. The fourth-order valence-corrected chi connectivity index (χ4v) is 2.86. The van der Waals surface area contributed by atoms with E-state index in [4.69, 9.17) is 0 Å². The molecule has 0 aliphatic rings. The maximum absolute atomic E-state index is 10.9. The molecule has 0 saturated carbocycles. The van der Waals surface area contributed by atoms with Crippen LogP contribution in [0.2, 0.25) is 0 Å². The van der Waals surface area contributed by atoms with E-state index in [1.165, 1.54) is 10.9 Å². The Kier molecular flexibility index (Phi) is 4.16. The summed E-state index contributed by atoms with van der Waals surface area (Å²) in [6, 6.07) is 9.50. The number of nitro benzene ring substituents is 1. The third-order valence-electron chi connectivity index (χ3n) is 2.99. The summed E-state index contributed by atoms with van der Waals surface area (Å²) in [5, 5.41) is 16.3. The fraction of sp³-hybridized carbons (Fsp3) is 0.286. The highest BCUT2D eigenvalue weighted by Gasteiger charge is 2.14. The Labute approximate surface area is 116 Å². The summed E-state index contributed by atoms with van der Waals surface area (Å²) < 4.78 is 0. The first-order chi connectivity index (χ1) is 9.08. The molecular weight excluding hydrogens is 260 g/mol. The van der Waals surface area contributed by atoms with E-state index in [-0.39, 0.29) is 16.7 Å². The van der Waals surface area contributed by atoms with Crippen molar-refractivity contribution >= 4 is 22.7 Å². The Morgan fingerprint density at radius 2 is 2.16 bits per heavy atom. The molecule has 0 aliphatic carbocycles. The van der Waals surface area contributed by atoms with Crippen molar-refractivity contribution in [2.24, 2.45) is 0 Å². The van der Waals surface area contributed by atoms with Gasteiger partial charge < -0.3 is 5.32 Å². The van der Waals surface area contributed by atoms with Gasteiger partial charge in [0.2, 0.25) is 0 Å². The quantitative estimate of drug-likeness (QED) is 0.663. The maximum Gasteiger partial charge on any atom is 0.274 e. The van der Waals surface area contributed by atoms with Crippen molar-refractivity contribution in [3.63, 3.8) is 0 Å². The first-order valence-electron chi connectivity index (χ1n) is 6.11. The molecule has 0 radical (unpaired) electrons. The molecule has 100 valence electrons. The molecule has 1 atom stereocenters. The average molecular weight is 276 g/mol. The minimum atomic E-state index is -0.343. The third kappa shape index (κ3) is 3.32. The van der Waals surface area contributed by atoms with Crippen molar-refractivity contribution in [1.82, 2.24) is 0 Å². The lowest BCUT2D eigenvalue weighted by atomic mass is 10.1. The maximum atomic E-state index is 10.9. The molecule has 2 aromatic rings. The molecule has 5 heteroatoms. The number of benzene rings is 1. The molecule has 1 heterocycles. The van der Waals surface area contributed by atoms with Crippen LogP contribution in [0.15, 0.2) is 35.7 Å². The van der Waals surface area contributed by atoms with Gasteiger partial charge in [-0.15, -0.1) is 11.3 Å². The van der Waals surface area contributed by atoms with Gasteiger partial charge in [0, 0.05) is 34.7 Å². The molecule has 2 rings (SSSR count). The number of hydrogen-bond donors (Lipinski definition) is 1. The van der Waals surface area contributed by atoms with Crippen molar-refractivity contribution in [2.45, 2.75) is 26.3 Å². The first-order valence-corrected chi connectivity index (χ1v) is 6.99. The molecule has 0 aliphatic heterocycles. The number of thiophene rings is 1. The van der Waals surface area contributed by atoms with Crippen LogP contribution < -0.4 is 5.32 Å². The number of nitrogens with zero attached hydrogens (tertiary/aromatic N) is 1. The van der Waals surface area contributed by atoms with Crippen molar-refractivity contribution in [2.75, 3.05) is 5.32 Å². The minimum Gasteiger partial charge on any atom is -0.382 e. The van der Waals surface area contributed by atoms with Crippen LogP contribution in [0, 0.1) is 17.0 Å². The zero-order valence-corrected chi connectivity index (χ0v) is 11.7. The Morgan fingerprint density at radius 1 is 1.37 bits per heavy atom. The van der Waals surface area contributed by atoms with Crippen LogP contribution in [0.4, 0.5) is 11.4 Å². The van der Waals surface area contributed by atoms with Gasteiger partial charge in [-0.25, -0.2) is 0 Å². The summed E-state index contributed by atoms with van der Waals surface area (Å²) in [7, 11) is 0. The molecule has 19 heavy (non-hydrogen) atoms. The molecule has 1 unspecified atom stereocenters. The molecular formula is C14H16N2O2S. The minimum absolute atomic E-state index is 0.160. The second-order valence-corrected chi connectivity index (χ2v) is 5.57. The largest absolute Gasteiger partial charge is 0.382 e. The van der Waals surface area contributed by atoms with E-state index in [1.807, 2.05) is 12.1 Å². The summed E-state index contributed by atoms with van der Waals surface area (Å²) in [6.45, 7) is 3.86. The summed E-state index contributed by atoms with van der Waals surface area (Å²) in [5.74, 6) is 0. The number of hydrogen-bond acceptors (Lipinski definition) is 4. The number of rotatable bonds is 5. The monoisotopic (exact) mass is 276 g/mol. The molecule has 1 aromatic heterocycles. The Bertz CT molecular complexity index is 567. The van der Waals surface area contributed by atoms with E-state index >= 15 is 0 Å². The smallest absolute Gasteiger partial charge is 0.274 e. The Balaban J connectivity index is 2.10. The standard InChI is InChI=1S/C14H16N2O2S/c1-10(9-12-5-4-8-19-12)15-13-6-3-7-14(11(13)2)16(17)18/h3-8,10,15H,9H2,1-2H3. The topological polar surface area (TPSA) is 55.2 Å². The lowest BCUT2D eigenvalue weighted by Gasteiger charge is -2.16. The van der Waals surface area contributed by atoms with Crippen LogP contribution in [-0.2, 0) is 6.42 Å². The van der Waals surface area contributed by atoms with Crippen molar-refractivity contribution in [3.8, 4) is 0 Å². The lowest BCUT2D eigenvalue weighted by molar-refractivity contribution is -0.385. The first kappa shape index (κ1) is 13.5. The third-order valence-corrected chi connectivity index (χ3v) is 3.89. The predicted molar refractivity (Wildman–Crippen MR) is 78.9 cm³/mol. The van der Waals surface area contributed by atoms with E-state index in [0.29, 0.717) is 5.56 Å². The molecule has 4 nitrogen and oxygen atoms in total. The Morgan fingerprint density at radius 3 is 2.79 bits per heavy atom. The zero-order valence-electron chi connectivity index (χ0n) is 10.9. The molecule has 1 N–H and O–H groups in total. The SMILES string of the molecule is Cc1c(NC(C)Cc2cccs2)cccc1[N+](=O)[O-]. The van der Waals surface area contributed by atoms with E-state index in [9.17, 15) is 10.1 Å². The molecule has 0 bridgehead atoms. The molecule has 0 saturated heterocycles. The molecule has 0 fully saturated rings. The number of anilines is 1. The van der Waals surface area contributed by atoms with Crippen LogP contribution in [0.25, 0.3) is 0 Å². The lowest BCUT2D eigenvalue weighted by Crippen LogP contribution is -2.18. The second-order valence-electron chi connectivity index (χ2n) is 4.54. The summed E-state index contributed by atoms with van der Waals surface area (Å²) >= 11 is 1.73. The Hall–Kier alpha value is -1.88. The van der Waals surface area contributed by atoms with Crippen LogP contribution in [-0.4, -0.2) is 11.0 Å². The zero-order chi connectivity index (χ0) is 13.8. The van der Waals surface area contributed by atoms with Gasteiger partial charge in [0.05, 0.1) is 4.92 Å². The van der Waals surface area contributed by atoms with Gasteiger partial charge in [0.1, 0.15) is 0 Å². The second kappa shape index (κ2) is 5.84. The van der Waals surface area contributed by atoms with Gasteiger partial charge in [0.15, 0.2) is 0 Å². The van der Waals surface area contributed by atoms with Gasteiger partial charge in [-0.2, -0.15) is 0 Å². The van der Waals surface area contributed by atoms with Crippen molar-refractivity contribution < 1.29 is 4.92 Å². The van der Waals surface area contributed by atoms with Crippen LogP contribution in [0.1, 0.15) is 17.4 Å². The highest BCUT2D eigenvalue weighted by atomic mass is 32.1. The number of nitrogens with one attached hydrogen (secondary N) is 1. The average Bonchev–Trinajstić information content (AvgIpc) is 2.84. The van der Waals surface area contributed by atoms with Gasteiger partial charge in [-0.1, -0.05) is 12.1 Å². The normalized spacial score (nSPS) is 12.1. The van der Waals surface area contributed by atoms with Crippen molar-refractivity contribution in [3.05, 3.63) is 56.3 Å². The fourth-order valence-electron chi connectivity index (χ4n) is 2.02. The van der Waals surface area contributed by atoms with Crippen LogP contribution in [0.3, 0.4) is 0 Å². The van der Waals surface area contributed by atoms with Crippen LogP contribution in [0.5, 0.6) is 0 Å². The van der Waals surface area contributed by atoms with Crippen molar-refractivity contribution in [1.29, 1.82) is 0 Å². The summed E-state index contributed by atoms with van der Waals surface area (Å²) in [4.78, 5) is 11.9. The van der Waals surface area contributed by atoms with E-state index in [2.05, 4.69) is 23.7 Å². The summed E-state index contributed by atoms with van der Waals surface area (Å²) in [5.41, 5.74) is 1.68.